The van der Waals surface area contributed by atoms with E-state index in [0.717, 1.165) is 25.4 Å². The molecule has 1 heterocycles. The number of alkyl halides is 1. The Bertz CT molecular complexity index is 384. The lowest BCUT2D eigenvalue weighted by atomic mass is 10.0. The average molecular weight is 281 g/mol. The Morgan fingerprint density at radius 1 is 1.38 bits per heavy atom. The van der Waals surface area contributed by atoms with Crippen LogP contribution in [0.3, 0.4) is 0 Å². The predicted molar refractivity (Wildman–Crippen MR) is 69.4 cm³/mol. The van der Waals surface area contributed by atoms with Gasteiger partial charge in [-0.2, -0.15) is 0 Å². The Morgan fingerprint density at radius 3 is 3.06 bits per heavy atom. The summed E-state index contributed by atoms with van der Waals surface area (Å²) in [5.74, 6) is 2.12. The summed E-state index contributed by atoms with van der Waals surface area (Å²) >= 11 is 3.80. The van der Waals surface area contributed by atoms with Crippen molar-refractivity contribution >= 4 is 15.9 Å². The molecule has 1 fully saturated rings. The normalized spacial score (nSPS) is 20.3. The highest BCUT2D eigenvalue weighted by Gasteiger charge is 2.29. The SMILES string of the molecule is BrC(CCc1cccc2c1OCC2)C1CC1. The van der Waals surface area contributed by atoms with Gasteiger partial charge >= 0.3 is 0 Å². The Morgan fingerprint density at radius 2 is 2.25 bits per heavy atom. The molecule has 2 heteroatoms. The first-order valence-corrected chi connectivity index (χ1v) is 7.14. The summed E-state index contributed by atoms with van der Waals surface area (Å²) in [5, 5.41) is 0. The summed E-state index contributed by atoms with van der Waals surface area (Å²) in [6, 6.07) is 6.58. The maximum absolute atomic E-state index is 5.72. The predicted octanol–water partition coefficient (Wildman–Crippen LogP) is 3.73. The minimum Gasteiger partial charge on any atom is -0.493 e. The van der Waals surface area contributed by atoms with Gasteiger partial charge in [-0.25, -0.2) is 0 Å². The Hall–Kier alpha value is -0.500. The van der Waals surface area contributed by atoms with E-state index in [9.17, 15) is 0 Å². The van der Waals surface area contributed by atoms with E-state index < -0.39 is 0 Å². The maximum atomic E-state index is 5.72. The first-order valence-electron chi connectivity index (χ1n) is 6.22. The number of rotatable bonds is 4. The highest BCUT2D eigenvalue weighted by atomic mass is 79.9. The molecule has 1 atom stereocenters. The van der Waals surface area contributed by atoms with Crippen molar-refractivity contribution in [2.24, 2.45) is 5.92 Å². The number of benzene rings is 1. The molecule has 16 heavy (non-hydrogen) atoms. The van der Waals surface area contributed by atoms with Gasteiger partial charge < -0.3 is 4.74 Å². The van der Waals surface area contributed by atoms with E-state index in [-0.39, 0.29) is 0 Å². The second-order valence-corrected chi connectivity index (χ2v) is 6.07. The number of para-hydroxylation sites is 1. The average Bonchev–Trinajstić information content (AvgIpc) is 3.04. The Balaban J connectivity index is 1.67. The van der Waals surface area contributed by atoms with Gasteiger partial charge in [-0.15, -0.1) is 0 Å². The largest absolute Gasteiger partial charge is 0.493 e. The zero-order chi connectivity index (χ0) is 11.0. The van der Waals surface area contributed by atoms with E-state index in [1.807, 2.05) is 0 Å². The molecule has 0 bridgehead atoms. The molecule has 1 aromatic rings. The maximum Gasteiger partial charge on any atom is 0.125 e. The van der Waals surface area contributed by atoms with Crippen LogP contribution in [0.4, 0.5) is 0 Å². The molecule has 2 aliphatic rings. The lowest BCUT2D eigenvalue weighted by Gasteiger charge is -2.10. The topological polar surface area (TPSA) is 9.23 Å². The molecule has 0 aromatic heterocycles. The lowest BCUT2D eigenvalue weighted by molar-refractivity contribution is 0.353. The number of fused-ring (bicyclic) bond motifs is 1. The molecule has 0 N–H and O–H groups in total. The molecular weight excluding hydrogens is 264 g/mol. The highest BCUT2D eigenvalue weighted by molar-refractivity contribution is 9.09. The lowest BCUT2D eigenvalue weighted by Crippen LogP contribution is -2.03. The molecule has 86 valence electrons. The zero-order valence-corrected chi connectivity index (χ0v) is 11.0. The van der Waals surface area contributed by atoms with E-state index in [1.165, 1.54) is 36.1 Å². The molecule has 0 amide bonds. The van der Waals surface area contributed by atoms with E-state index in [1.54, 1.807) is 0 Å². The fourth-order valence-corrected chi connectivity index (χ4v) is 3.22. The van der Waals surface area contributed by atoms with Crippen LogP contribution >= 0.6 is 15.9 Å². The molecule has 1 nitrogen and oxygen atoms in total. The molecular formula is C14H17BrO. The summed E-state index contributed by atoms with van der Waals surface area (Å²) in [7, 11) is 0. The highest BCUT2D eigenvalue weighted by Crippen LogP contribution is 2.39. The van der Waals surface area contributed by atoms with Crippen LogP contribution in [0.1, 0.15) is 30.4 Å². The third kappa shape index (κ3) is 2.13. The van der Waals surface area contributed by atoms with Crippen molar-refractivity contribution in [3.8, 4) is 5.75 Å². The van der Waals surface area contributed by atoms with Gasteiger partial charge in [0, 0.05) is 11.2 Å². The van der Waals surface area contributed by atoms with Crippen molar-refractivity contribution in [2.45, 2.75) is 36.9 Å². The van der Waals surface area contributed by atoms with Crippen molar-refractivity contribution in [1.29, 1.82) is 0 Å². The van der Waals surface area contributed by atoms with Crippen LogP contribution in [-0.2, 0) is 12.8 Å². The van der Waals surface area contributed by atoms with Crippen molar-refractivity contribution in [3.63, 3.8) is 0 Å². The van der Waals surface area contributed by atoms with E-state index in [2.05, 4.69) is 34.1 Å². The van der Waals surface area contributed by atoms with Gasteiger partial charge in [-0.05, 0) is 42.7 Å². The van der Waals surface area contributed by atoms with Gasteiger partial charge in [0.2, 0.25) is 0 Å². The van der Waals surface area contributed by atoms with Gasteiger partial charge in [0.25, 0.3) is 0 Å². The summed E-state index contributed by atoms with van der Waals surface area (Å²) in [4.78, 5) is 0.713. The first kappa shape index (κ1) is 10.6. The number of ether oxygens (including phenoxy) is 1. The second kappa shape index (κ2) is 4.40. The van der Waals surface area contributed by atoms with Crippen LogP contribution in [0.15, 0.2) is 18.2 Å². The summed E-state index contributed by atoms with van der Waals surface area (Å²) in [6.07, 6.45) is 6.31. The van der Waals surface area contributed by atoms with Crippen LogP contribution in [0.2, 0.25) is 0 Å². The van der Waals surface area contributed by atoms with Crippen LogP contribution in [0.5, 0.6) is 5.75 Å². The third-order valence-corrected chi connectivity index (χ3v) is 4.82. The fraction of sp³-hybridized carbons (Fsp3) is 0.571. The van der Waals surface area contributed by atoms with Crippen molar-refractivity contribution in [2.75, 3.05) is 6.61 Å². The van der Waals surface area contributed by atoms with Crippen LogP contribution < -0.4 is 4.74 Å². The fourth-order valence-electron chi connectivity index (χ4n) is 2.47. The van der Waals surface area contributed by atoms with E-state index in [4.69, 9.17) is 4.74 Å². The van der Waals surface area contributed by atoms with Gasteiger partial charge in [0.15, 0.2) is 0 Å². The Labute approximate surface area is 105 Å². The molecule has 0 spiro atoms. The zero-order valence-electron chi connectivity index (χ0n) is 9.42. The standard InChI is InChI=1S/C14H17BrO/c15-13(10-4-5-10)7-6-11-2-1-3-12-8-9-16-14(11)12/h1-3,10,13H,4-9H2. The number of hydrogen-bond acceptors (Lipinski definition) is 1. The quantitative estimate of drug-likeness (QED) is 0.764. The molecule has 1 unspecified atom stereocenters. The van der Waals surface area contributed by atoms with Crippen molar-refractivity contribution < 1.29 is 4.74 Å². The van der Waals surface area contributed by atoms with Crippen molar-refractivity contribution in [3.05, 3.63) is 29.3 Å². The molecule has 1 aromatic carbocycles. The molecule has 3 rings (SSSR count). The molecule has 0 radical (unpaired) electrons. The van der Waals surface area contributed by atoms with Gasteiger partial charge in [0.1, 0.15) is 5.75 Å². The molecule has 1 saturated carbocycles. The summed E-state index contributed by atoms with van der Waals surface area (Å²) in [5.41, 5.74) is 2.80. The van der Waals surface area contributed by atoms with Gasteiger partial charge in [0.05, 0.1) is 6.61 Å². The summed E-state index contributed by atoms with van der Waals surface area (Å²) in [6.45, 7) is 0.868. The monoisotopic (exact) mass is 280 g/mol. The molecule has 1 aliphatic heterocycles. The van der Waals surface area contributed by atoms with Crippen LogP contribution in [0, 0.1) is 5.92 Å². The van der Waals surface area contributed by atoms with Gasteiger partial charge in [-0.1, -0.05) is 34.1 Å². The van der Waals surface area contributed by atoms with Crippen molar-refractivity contribution in [1.82, 2.24) is 0 Å². The smallest absolute Gasteiger partial charge is 0.125 e. The van der Waals surface area contributed by atoms with E-state index in [0.29, 0.717) is 4.83 Å². The first-order chi connectivity index (χ1) is 7.84. The van der Waals surface area contributed by atoms with Gasteiger partial charge in [-0.3, -0.25) is 0 Å². The third-order valence-electron chi connectivity index (χ3n) is 3.62. The number of aryl methyl sites for hydroxylation is 1. The van der Waals surface area contributed by atoms with Crippen LogP contribution in [0.25, 0.3) is 0 Å². The minimum atomic E-state index is 0.713. The second-order valence-electron chi connectivity index (χ2n) is 4.90. The summed E-state index contributed by atoms with van der Waals surface area (Å²) < 4.78 is 5.72. The number of halogens is 1. The Kier molecular flexibility index (Phi) is 2.93. The molecule has 1 aliphatic carbocycles. The molecule has 0 saturated heterocycles. The number of hydrogen-bond donors (Lipinski definition) is 0. The minimum absolute atomic E-state index is 0.713. The van der Waals surface area contributed by atoms with Crippen LogP contribution in [-0.4, -0.2) is 11.4 Å². The van der Waals surface area contributed by atoms with E-state index >= 15 is 0 Å².